The molecule has 0 unspecified atom stereocenters. The van der Waals surface area contributed by atoms with E-state index in [1.54, 1.807) is 0 Å². The monoisotopic (exact) mass is 612 g/mol. The summed E-state index contributed by atoms with van der Waals surface area (Å²) in [5.41, 5.74) is 0. The average Bonchev–Trinajstić information content (AvgIpc) is 2.18. The molecule has 0 saturated carbocycles. The molecule has 0 aromatic rings. The summed E-state index contributed by atoms with van der Waals surface area (Å²) in [5, 5.41) is 53.6. The van der Waals surface area contributed by atoms with Crippen LogP contribution in [0.3, 0.4) is 0 Å². The van der Waals surface area contributed by atoms with E-state index in [0.29, 0.717) is 0 Å². The maximum Gasteiger partial charge on any atom is 2.00 e. The zero-order valence-corrected chi connectivity index (χ0v) is 11.9. The summed E-state index contributed by atoms with van der Waals surface area (Å²) in [6, 6.07) is 0. The molecule has 20 heavy (non-hydrogen) atoms. The standard InChI is InChI=1S/3C2H2O4.2Yb/c3*3-1(4)2(5)6;;/h3*(H,3,4)(H,5,6);;/q;;;2*+2/p-6. The van der Waals surface area contributed by atoms with Gasteiger partial charge in [0.05, 0.1) is 35.8 Å². The van der Waals surface area contributed by atoms with Crippen LogP contribution in [-0.4, -0.2) is 35.8 Å². The first-order chi connectivity index (χ1) is 7.93. The minimum absolute atomic E-state index is 0. The molecule has 0 aromatic carbocycles. The van der Waals surface area contributed by atoms with Crippen LogP contribution in [0.5, 0.6) is 0 Å². The van der Waals surface area contributed by atoms with E-state index in [9.17, 15) is 0 Å². The summed E-state index contributed by atoms with van der Waals surface area (Å²) in [6.45, 7) is 0. The summed E-state index contributed by atoms with van der Waals surface area (Å²) in [5.74, 6) is -13.1. The molecule has 0 radical (unpaired) electrons. The van der Waals surface area contributed by atoms with Crippen LogP contribution in [0.2, 0.25) is 0 Å². The topological polar surface area (TPSA) is 241 Å². The molecule has 0 aliphatic heterocycles. The van der Waals surface area contributed by atoms with Gasteiger partial charge in [-0.05, 0) is 0 Å². The van der Waals surface area contributed by atoms with Gasteiger partial charge in [-0.25, -0.2) is 0 Å². The van der Waals surface area contributed by atoms with Gasteiger partial charge in [0.15, 0.2) is 0 Å². The van der Waals surface area contributed by atoms with Crippen molar-refractivity contribution in [3.63, 3.8) is 0 Å². The quantitative estimate of drug-likeness (QED) is 0.232. The molecule has 0 N–H and O–H groups in total. The Labute approximate surface area is 186 Å². The first-order valence-electron chi connectivity index (χ1n) is 3.20. The van der Waals surface area contributed by atoms with Crippen LogP contribution in [-0.2, 0) is 28.8 Å². The third kappa shape index (κ3) is 36.1. The Morgan fingerprint density at radius 3 is 0.400 bits per heavy atom. The predicted molar refractivity (Wildman–Crippen MR) is 30.0 cm³/mol. The van der Waals surface area contributed by atoms with Crippen molar-refractivity contribution in [2.45, 2.75) is 0 Å². The van der Waals surface area contributed by atoms with Crippen molar-refractivity contribution < 1.29 is 153 Å². The minimum Gasteiger partial charge on any atom is -0.543 e. The normalized spacial score (nSPS) is 6.60. The number of carboxylic acids is 6. The Kier molecular flexibility index (Phi) is 30.2. The SMILES string of the molecule is O=C([O-])C(=O)[O-].O=C([O-])C(=O)[O-].O=C([O-])C(=O)[O-].[Yb+2].[Yb+2]. The van der Waals surface area contributed by atoms with Crippen LogP contribution in [0.15, 0.2) is 0 Å². The van der Waals surface area contributed by atoms with E-state index in [-0.39, 0.29) is 93.8 Å². The van der Waals surface area contributed by atoms with Crippen LogP contribution in [0.4, 0.5) is 0 Å². The molecule has 0 saturated heterocycles. The summed E-state index contributed by atoms with van der Waals surface area (Å²) in [4.78, 5) is 53.6. The molecule has 126 valence electrons. The molecule has 12 nitrogen and oxygen atoms in total. The Hall–Kier alpha value is -0.141. The van der Waals surface area contributed by atoms with Crippen molar-refractivity contribution in [1.82, 2.24) is 0 Å². The second-order valence-electron chi connectivity index (χ2n) is 1.72. The van der Waals surface area contributed by atoms with Gasteiger partial charge in [-0.3, -0.25) is 0 Å². The number of carbonyl (C=O) groups is 6. The van der Waals surface area contributed by atoms with E-state index in [0.717, 1.165) is 0 Å². The Balaban J connectivity index is -0.0000000536. The summed E-state index contributed by atoms with van der Waals surface area (Å²) >= 11 is 0. The third-order valence-electron chi connectivity index (χ3n) is 0.500. The molecule has 0 aliphatic carbocycles. The van der Waals surface area contributed by atoms with Gasteiger partial charge in [0.1, 0.15) is 0 Å². The zero-order valence-electron chi connectivity index (χ0n) is 8.43. The molecule has 0 aromatic heterocycles. The molecule has 0 aliphatic rings. The number of aliphatic carboxylic acids is 6. The molecule has 14 heteroatoms. The Morgan fingerprint density at radius 1 is 0.350 bits per heavy atom. The maximum atomic E-state index is 8.93. The van der Waals surface area contributed by atoms with Gasteiger partial charge >= 0.3 is 93.8 Å². The molecule has 0 spiro atoms. The summed E-state index contributed by atoms with van der Waals surface area (Å²) < 4.78 is 0. The van der Waals surface area contributed by atoms with E-state index >= 15 is 0 Å². The molecule has 0 heterocycles. The number of carbonyl (C=O) groups excluding carboxylic acids is 6. The van der Waals surface area contributed by atoms with E-state index in [1.165, 1.54) is 0 Å². The van der Waals surface area contributed by atoms with Crippen LogP contribution < -0.4 is 30.6 Å². The molecular weight excluding hydrogens is 610 g/mol. The van der Waals surface area contributed by atoms with Gasteiger partial charge in [0, 0.05) is 0 Å². The van der Waals surface area contributed by atoms with E-state index in [1.807, 2.05) is 0 Å². The van der Waals surface area contributed by atoms with Crippen molar-refractivity contribution in [2.24, 2.45) is 0 Å². The molecule has 0 rings (SSSR count). The predicted octanol–water partition coefficient (Wildman–Crippen LogP) is -10.5. The average molecular weight is 610 g/mol. The number of hydrogen-bond acceptors (Lipinski definition) is 12. The van der Waals surface area contributed by atoms with Crippen molar-refractivity contribution >= 4 is 35.8 Å². The van der Waals surface area contributed by atoms with Crippen LogP contribution in [0.1, 0.15) is 0 Å². The summed E-state index contributed by atoms with van der Waals surface area (Å²) in [6.07, 6.45) is 0. The van der Waals surface area contributed by atoms with Gasteiger partial charge in [-0.2, -0.15) is 0 Å². The Morgan fingerprint density at radius 2 is 0.400 bits per heavy atom. The molecule has 0 fully saturated rings. The van der Waals surface area contributed by atoms with E-state index in [2.05, 4.69) is 0 Å². The minimum atomic E-state index is -2.19. The van der Waals surface area contributed by atoms with E-state index in [4.69, 9.17) is 59.4 Å². The van der Waals surface area contributed by atoms with Gasteiger partial charge in [0.25, 0.3) is 0 Å². The molecular formula is C6O12Yb2-2. The van der Waals surface area contributed by atoms with Gasteiger partial charge in [-0.15, -0.1) is 0 Å². The second-order valence-corrected chi connectivity index (χ2v) is 1.72. The maximum absolute atomic E-state index is 8.93. The van der Waals surface area contributed by atoms with Gasteiger partial charge in [-0.1, -0.05) is 0 Å². The Bertz CT molecular complexity index is 281. The van der Waals surface area contributed by atoms with Crippen molar-refractivity contribution in [1.29, 1.82) is 0 Å². The zero-order chi connectivity index (χ0) is 15.5. The smallest absolute Gasteiger partial charge is 0.543 e. The molecule has 0 bridgehead atoms. The molecule has 0 atom stereocenters. The first-order valence-corrected chi connectivity index (χ1v) is 3.20. The first kappa shape index (κ1) is 32.0. The third-order valence-corrected chi connectivity index (χ3v) is 0.500. The largest absolute Gasteiger partial charge is 2.00 e. The van der Waals surface area contributed by atoms with Crippen molar-refractivity contribution in [3.05, 3.63) is 0 Å². The van der Waals surface area contributed by atoms with Gasteiger partial charge < -0.3 is 59.4 Å². The van der Waals surface area contributed by atoms with Crippen LogP contribution in [0.25, 0.3) is 0 Å². The number of hydrogen-bond donors (Lipinski definition) is 0. The fourth-order valence-electron chi connectivity index (χ4n) is 0. The van der Waals surface area contributed by atoms with Crippen molar-refractivity contribution in [3.8, 4) is 0 Å². The van der Waals surface area contributed by atoms with Crippen LogP contribution >= 0.6 is 0 Å². The van der Waals surface area contributed by atoms with E-state index < -0.39 is 35.8 Å². The number of rotatable bonds is 0. The fraction of sp³-hybridized carbons (Fsp3) is 0. The summed E-state index contributed by atoms with van der Waals surface area (Å²) in [7, 11) is 0. The van der Waals surface area contributed by atoms with Crippen LogP contribution in [0, 0.1) is 93.8 Å². The fourth-order valence-corrected chi connectivity index (χ4v) is 0. The second kappa shape index (κ2) is 18.9. The van der Waals surface area contributed by atoms with Crippen molar-refractivity contribution in [2.75, 3.05) is 0 Å². The molecule has 0 amide bonds. The number of carboxylic acid groups (broad SMARTS) is 6. The van der Waals surface area contributed by atoms with Gasteiger partial charge in [0.2, 0.25) is 0 Å².